The molecule has 0 fully saturated rings. The van der Waals surface area contributed by atoms with Gasteiger partial charge in [-0.1, -0.05) is 0 Å². The molecule has 0 spiro atoms. The van der Waals surface area contributed by atoms with E-state index in [9.17, 15) is 14.4 Å². The zero-order valence-electron chi connectivity index (χ0n) is 14.6. The van der Waals surface area contributed by atoms with E-state index in [1.165, 1.54) is 26.4 Å². The predicted octanol–water partition coefficient (Wildman–Crippen LogP) is 2.20. The van der Waals surface area contributed by atoms with Crippen LogP contribution in [0, 0.1) is 0 Å². The molecular formula is C18H17NO8. The summed E-state index contributed by atoms with van der Waals surface area (Å²) in [5.41, 5.74) is 0.420. The zero-order chi connectivity index (χ0) is 19.8. The highest BCUT2D eigenvalue weighted by molar-refractivity contribution is 5.98. The van der Waals surface area contributed by atoms with Gasteiger partial charge in [0.05, 0.1) is 20.3 Å². The Bertz CT molecular complexity index is 851. The number of anilines is 1. The first-order chi connectivity index (χ1) is 12.9. The summed E-state index contributed by atoms with van der Waals surface area (Å²) in [6, 6.07) is 9.34. The molecule has 0 amide bonds. The maximum absolute atomic E-state index is 11.7. The van der Waals surface area contributed by atoms with Crippen LogP contribution < -0.4 is 10.1 Å². The molecule has 0 bridgehead atoms. The topological polar surface area (TPSA) is 124 Å². The van der Waals surface area contributed by atoms with Gasteiger partial charge in [-0.25, -0.2) is 14.4 Å². The molecule has 1 heterocycles. The first-order valence-electron chi connectivity index (χ1n) is 7.62. The van der Waals surface area contributed by atoms with Gasteiger partial charge in [0.15, 0.2) is 0 Å². The summed E-state index contributed by atoms with van der Waals surface area (Å²) in [7, 11) is 2.38. The number of hydrogen-bond donors (Lipinski definition) is 2. The number of rotatable bonds is 8. The summed E-state index contributed by atoms with van der Waals surface area (Å²) < 4.78 is 19.7. The summed E-state index contributed by atoms with van der Waals surface area (Å²) in [4.78, 5) is 33.8. The smallest absolute Gasteiger partial charge is 0.371 e. The molecule has 0 aliphatic heterocycles. The number of carbonyl (C=O) groups excluding carboxylic acids is 2. The number of carboxylic acids is 1. The SMILES string of the molecule is COC(=O)/C=C(/Nc1ccc(OCc2ccc(C(=O)O)o2)cc1)C(=O)OC. The van der Waals surface area contributed by atoms with Crippen LogP contribution in [-0.2, 0) is 25.7 Å². The predicted molar refractivity (Wildman–Crippen MR) is 92.2 cm³/mol. The molecule has 1 aromatic carbocycles. The highest BCUT2D eigenvalue weighted by atomic mass is 16.5. The van der Waals surface area contributed by atoms with Crippen molar-refractivity contribution < 1.29 is 38.1 Å². The Morgan fingerprint density at radius 3 is 2.33 bits per heavy atom. The van der Waals surface area contributed by atoms with Crippen LogP contribution in [0.2, 0.25) is 0 Å². The molecule has 0 saturated carbocycles. The van der Waals surface area contributed by atoms with Gasteiger partial charge >= 0.3 is 17.9 Å². The number of furan rings is 1. The molecule has 2 aromatic rings. The summed E-state index contributed by atoms with van der Waals surface area (Å²) in [6.45, 7) is 0.0513. The summed E-state index contributed by atoms with van der Waals surface area (Å²) in [6.07, 6.45) is 0.979. The molecular weight excluding hydrogens is 358 g/mol. The Kier molecular flexibility index (Phi) is 6.59. The summed E-state index contributed by atoms with van der Waals surface area (Å²) >= 11 is 0. The highest BCUT2D eigenvalue weighted by Crippen LogP contribution is 2.19. The lowest BCUT2D eigenvalue weighted by atomic mass is 10.2. The summed E-state index contributed by atoms with van der Waals surface area (Å²) in [5.74, 6) is -1.90. The number of carboxylic acid groups (broad SMARTS) is 1. The van der Waals surface area contributed by atoms with Crippen molar-refractivity contribution >= 4 is 23.6 Å². The summed E-state index contributed by atoms with van der Waals surface area (Å²) in [5, 5.41) is 11.6. The minimum absolute atomic E-state index is 0.0513. The molecule has 2 N–H and O–H groups in total. The maximum atomic E-state index is 11.7. The van der Waals surface area contributed by atoms with Crippen LogP contribution in [0.15, 0.2) is 52.6 Å². The van der Waals surface area contributed by atoms with E-state index in [1.54, 1.807) is 24.3 Å². The van der Waals surface area contributed by atoms with Crippen molar-refractivity contribution in [3.05, 3.63) is 59.7 Å². The normalized spacial score (nSPS) is 10.8. The Balaban J connectivity index is 2.00. The fourth-order valence-electron chi connectivity index (χ4n) is 1.95. The highest BCUT2D eigenvalue weighted by Gasteiger charge is 2.13. The van der Waals surface area contributed by atoms with Crippen LogP contribution in [-0.4, -0.2) is 37.2 Å². The number of nitrogens with one attached hydrogen (secondary N) is 1. The average Bonchev–Trinajstić information content (AvgIpc) is 3.15. The third-order valence-electron chi connectivity index (χ3n) is 3.26. The Hall–Kier alpha value is -3.75. The van der Waals surface area contributed by atoms with Crippen molar-refractivity contribution in [1.29, 1.82) is 0 Å². The lowest BCUT2D eigenvalue weighted by Crippen LogP contribution is -2.15. The molecule has 0 saturated heterocycles. The van der Waals surface area contributed by atoms with E-state index in [0.29, 0.717) is 17.2 Å². The monoisotopic (exact) mass is 375 g/mol. The Morgan fingerprint density at radius 2 is 1.78 bits per heavy atom. The minimum Gasteiger partial charge on any atom is -0.486 e. The van der Waals surface area contributed by atoms with Crippen molar-refractivity contribution in [2.75, 3.05) is 19.5 Å². The third kappa shape index (κ3) is 5.63. The number of aromatic carboxylic acids is 1. The number of benzene rings is 1. The lowest BCUT2D eigenvalue weighted by Gasteiger charge is -2.10. The number of ether oxygens (including phenoxy) is 3. The van der Waals surface area contributed by atoms with Crippen molar-refractivity contribution in [2.24, 2.45) is 0 Å². The van der Waals surface area contributed by atoms with E-state index in [0.717, 1.165) is 6.08 Å². The van der Waals surface area contributed by atoms with E-state index in [4.69, 9.17) is 14.3 Å². The fraction of sp³-hybridized carbons (Fsp3) is 0.167. The van der Waals surface area contributed by atoms with Gasteiger partial charge in [-0.05, 0) is 36.4 Å². The molecule has 142 valence electrons. The van der Waals surface area contributed by atoms with E-state index >= 15 is 0 Å². The van der Waals surface area contributed by atoms with Crippen LogP contribution in [0.5, 0.6) is 5.75 Å². The van der Waals surface area contributed by atoms with Crippen LogP contribution in [0.4, 0.5) is 5.69 Å². The first kappa shape index (κ1) is 19.6. The molecule has 0 aliphatic carbocycles. The van der Waals surface area contributed by atoms with E-state index in [2.05, 4.69) is 14.8 Å². The molecule has 1 aromatic heterocycles. The molecule has 2 rings (SSSR count). The zero-order valence-corrected chi connectivity index (χ0v) is 14.6. The molecule has 0 atom stereocenters. The van der Waals surface area contributed by atoms with Gasteiger partial charge in [0.25, 0.3) is 0 Å². The van der Waals surface area contributed by atoms with Crippen molar-refractivity contribution in [3.8, 4) is 5.75 Å². The van der Waals surface area contributed by atoms with E-state index in [-0.39, 0.29) is 18.1 Å². The average molecular weight is 375 g/mol. The van der Waals surface area contributed by atoms with Crippen LogP contribution in [0.1, 0.15) is 16.3 Å². The third-order valence-corrected chi connectivity index (χ3v) is 3.26. The number of carbonyl (C=O) groups is 3. The lowest BCUT2D eigenvalue weighted by molar-refractivity contribution is -0.138. The second-order valence-corrected chi connectivity index (χ2v) is 5.08. The largest absolute Gasteiger partial charge is 0.486 e. The minimum atomic E-state index is -1.15. The number of esters is 2. The van der Waals surface area contributed by atoms with Gasteiger partial charge in [0.2, 0.25) is 5.76 Å². The molecule has 9 nitrogen and oxygen atoms in total. The van der Waals surface area contributed by atoms with E-state index < -0.39 is 17.9 Å². The molecule has 0 unspecified atom stereocenters. The van der Waals surface area contributed by atoms with Gasteiger partial charge in [0, 0.05) is 5.69 Å². The van der Waals surface area contributed by atoms with Crippen molar-refractivity contribution in [3.63, 3.8) is 0 Å². The van der Waals surface area contributed by atoms with Gasteiger partial charge in [-0.15, -0.1) is 0 Å². The second kappa shape index (κ2) is 9.09. The first-order valence-corrected chi connectivity index (χ1v) is 7.62. The van der Waals surface area contributed by atoms with Gasteiger partial charge in [-0.3, -0.25) is 0 Å². The van der Waals surface area contributed by atoms with Crippen molar-refractivity contribution in [1.82, 2.24) is 0 Å². The van der Waals surface area contributed by atoms with Gasteiger partial charge in [-0.2, -0.15) is 0 Å². The molecule has 0 aliphatic rings. The standard InChI is InChI=1S/C18H17NO8/c1-24-16(20)9-14(18(23)25-2)19-11-3-5-12(6-4-11)26-10-13-7-8-15(27-13)17(21)22/h3-9,19H,10H2,1-2H3,(H,21,22)/b14-9+. The molecule has 9 heteroatoms. The van der Waals surface area contributed by atoms with Crippen molar-refractivity contribution in [2.45, 2.75) is 6.61 Å². The van der Waals surface area contributed by atoms with Gasteiger partial charge in [0.1, 0.15) is 23.8 Å². The second-order valence-electron chi connectivity index (χ2n) is 5.08. The number of methoxy groups -OCH3 is 2. The number of hydrogen-bond acceptors (Lipinski definition) is 8. The van der Waals surface area contributed by atoms with Crippen LogP contribution in [0.3, 0.4) is 0 Å². The Labute approximate surface area is 154 Å². The maximum Gasteiger partial charge on any atom is 0.371 e. The molecule has 27 heavy (non-hydrogen) atoms. The van der Waals surface area contributed by atoms with E-state index in [1.807, 2.05) is 0 Å². The van der Waals surface area contributed by atoms with Crippen LogP contribution in [0.25, 0.3) is 0 Å². The quantitative estimate of drug-likeness (QED) is 0.527. The van der Waals surface area contributed by atoms with Gasteiger partial charge < -0.3 is 29.1 Å². The Morgan fingerprint density at radius 1 is 1.07 bits per heavy atom. The fourth-order valence-corrected chi connectivity index (χ4v) is 1.95. The molecule has 0 radical (unpaired) electrons. The van der Waals surface area contributed by atoms with Crippen LogP contribution >= 0.6 is 0 Å².